The first-order chi connectivity index (χ1) is 6.49. The molecular formula is C10H22O5. The molecule has 0 radical (unpaired) electrons. The van der Waals surface area contributed by atoms with Crippen LogP contribution >= 0.6 is 0 Å². The largest absolute Gasteiger partial charge is 0.346 e. The number of hydrogen-bond donors (Lipinski definition) is 2. The average molecular weight is 222 g/mol. The molecule has 0 saturated carbocycles. The summed E-state index contributed by atoms with van der Waals surface area (Å²) < 4.78 is 14.7. The molecule has 0 saturated heterocycles. The molecule has 0 aromatic carbocycles. The van der Waals surface area contributed by atoms with Crippen molar-refractivity contribution in [1.82, 2.24) is 0 Å². The fraction of sp³-hybridized carbons (Fsp3) is 1.00. The predicted octanol–water partition coefficient (Wildman–Crippen LogP) is 1.18. The first-order valence-corrected chi connectivity index (χ1v) is 4.87. The second kappa shape index (κ2) is 5.23. The number of aliphatic hydroxyl groups is 2. The maximum atomic E-state index is 9.27. The summed E-state index contributed by atoms with van der Waals surface area (Å²) in [6, 6.07) is 0. The highest BCUT2D eigenvalue weighted by Gasteiger charge is 2.23. The van der Waals surface area contributed by atoms with E-state index in [2.05, 4.69) is 4.74 Å². The van der Waals surface area contributed by atoms with Gasteiger partial charge >= 0.3 is 0 Å². The third-order valence-corrected chi connectivity index (χ3v) is 1.14. The third-order valence-electron chi connectivity index (χ3n) is 1.14. The van der Waals surface area contributed by atoms with Gasteiger partial charge in [0, 0.05) is 0 Å². The normalized spacial score (nSPS) is 17.6. The van der Waals surface area contributed by atoms with Gasteiger partial charge in [-0.2, -0.15) is 0 Å². The Balaban J connectivity index is 3.92. The van der Waals surface area contributed by atoms with E-state index >= 15 is 0 Å². The van der Waals surface area contributed by atoms with Crippen LogP contribution in [-0.2, 0) is 14.2 Å². The number of aliphatic hydroxyl groups excluding tert-OH is 2. The van der Waals surface area contributed by atoms with E-state index in [1.807, 2.05) is 0 Å². The summed E-state index contributed by atoms with van der Waals surface area (Å²) in [5, 5.41) is 18.5. The van der Waals surface area contributed by atoms with Crippen molar-refractivity contribution in [2.45, 2.75) is 65.7 Å². The van der Waals surface area contributed by atoms with E-state index in [-0.39, 0.29) is 0 Å². The summed E-state index contributed by atoms with van der Waals surface area (Å²) in [7, 11) is 0. The van der Waals surface area contributed by atoms with E-state index in [1.54, 1.807) is 41.5 Å². The maximum absolute atomic E-state index is 9.27. The van der Waals surface area contributed by atoms with Gasteiger partial charge in [-0.3, -0.25) is 4.74 Å². The second-order valence-corrected chi connectivity index (χ2v) is 5.21. The molecule has 15 heavy (non-hydrogen) atoms. The standard InChI is InChI=1S/C10H22O5/c1-9(2,3)14-7(11)13-8(12)15-10(4,5)6/h7-8,11-12H,1-6H3. The van der Waals surface area contributed by atoms with E-state index in [1.165, 1.54) is 0 Å². The zero-order valence-corrected chi connectivity index (χ0v) is 10.3. The lowest BCUT2D eigenvalue weighted by atomic mass is 10.2. The lowest BCUT2D eigenvalue weighted by molar-refractivity contribution is -0.404. The smallest absolute Gasteiger partial charge is 0.273 e. The van der Waals surface area contributed by atoms with Crippen molar-refractivity contribution in [3.63, 3.8) is 0 Å². The van der Waals surface area contributed by atoms with E-state index in [9.17, 15) is 10.2 Å². The summed E-state index contributed by atoms with van der Waals surface area (Å²) in [6.45, 7) is 7.54. The Morgan fingerprint density at radius 3 is 1.20 bits per heavy atom. The molecule has 5 heteroatoms. The third kappa shape index (κ3) is 10.1. The van der Waals surface area contributed by atoms with E-state index in [0.717, 1.165) is 0 Å². The van der Waals surface area contributed by atoms with Crippen molar-refractivity contribution >= 4 is 0 Å². The molecule has 5 nitrogen and oxygen atoms in total. The van der Waals surface area contributed by atoms with Gasteiger partial charge in [-0.05, 0) is 41.5 Å². The monoisotopic (exact) mass is 222 g/mol. The van der Waals surface area contributed by atoms with Crippen LogP contribution in [0.25, 0.3) is 0 Å². The van der Waals surface area contributed by atoms with Crippen molar-refractivity contribution in [3.8, 4) is 0 Å². The van der Waals surface area contributed by atoms with Crippen molar-refractivity contribution in [2.75, 3.05) is 0 Å². The van der Waals surface area contributed by atoms with Crippen LogP contribution in [-0.4, -0.2) is 34.4 Å². The lowest BCUT2D eigenvalue weighted by Crippen LogP contribution is -2.36. The quantitative estimate of drug-likeness (QED) is 0.699. The van der Waals surface area contributed by atoms with Gasteiger partial charge < -0.3 is 19.7 Å². The first kappa shape index (κ1) is 14.8. The SMILES string of the molecule is CC(C)(C)OC(O)OC(O)OC(C)(C)C. The predicted molar refractivity (Wildman–Crippen MR) is 54.8 cm³/mol. The Bertz CT molecular complexity index is 159. The second-order valence-electron chi connectivity index (χ2n) is 5.21. The fourth-order valence-corrected chi connectivity index (χ4v) is 0.760. The molecule has 0 heterocycles. The van der Waals surface area contributed by atoms with Crippen LogP contribution in [0.2, 0.25) is 0 Å². The highest BCUT2D eigenvalue weighted by atomic mass is 16.9. The summed E-state index contributed by atoms with van der Waals surface area (Å²) >= 11 is 0. The Morgan fingerprint density at radius 1 is 0.733 bits per heavy atom. The van der Waals surface area contributed by atoms with Gasteiger partial charge in [-0.1, -0.05) is 0 Å². The topological polar surface area (TPSA) is 68.2 Å². The fourth-order valence-electron chi connectivity index (χ4n) is 0.760. The molecule has 92 valence electrons. The molecule has 0 fully saturated rings. The summed E-state index contributed by atoms with van der Waals surface area (Å²) in [5.41, 5.74) is -1.11. The number of hydrogen-bond acceptors (Lipinski definition) is 5. The Morgan fingerprint density at radius 2 is 1.00 bits per heavy atom. The summed E-state index contributed by atoms with van der Waals surface area (Å²) in [4.78, 5) is 0. The number of ether oxygens (including phenoxy) is 3. The van der Waals surface area contributed by atoms with Crippen molar-refractivity contribution < 1.29 is 24.4 Å². The van der Waals surface area contributed by atoms with E-state index in [0.29, 0.717) is 0 Å². The van der Waals surface area contributed by atoms with Gasteiger partial charge in [0.1, 0.15) is 0 Å². The summed E-state index contributed by atoms with van der Waals surface area (Å²) in [5.74, 6) is 0. The van der Waals surface area contributed by atoms with Crippen LogP contribution in [0.3, 0.4) is 0 Å². The molecule has 0 aromatic heterocycles. The molecule has 0 aromatic rings. The van der Waals surface area contributed by atoms with Gasteiger partial charge in [-0.25, -0.2) is 0 Å². The van der Waals surface area contributed by atoms with Crippen LogP contribution < -0.4 is 0 Å². The van der Waals surface area contributed by atoms with Crippen molar-refractivity contribution in [3.05, 3.63) is 0 Å². The summed E-state index contributed by atoms with van der Waals surface area (Å²) in [6.07, 6.45) is 0. The van der Waals surface area contributed by atoms with Crippen LogP contribution in [0, 0.1) is 0 Å². The number of rotatable bonds is 4. The molecule has 0 aliphatic heterocycles. The van der Waals surface area contributed by atoms with Crippen molar-refractivity contribution in [2.24, 2.45) is 0 Å². The zero-order valence-electron chi connectivity index (χ0n) is 10.3. The maximum Gasteiger partial charge on any atom is 0.273 e. The van der Waals surface area contributed by atoms with Crippen LogP contribution in [0.1, 0.15) is 41.5 Å². The minimum Gasteiger partial charge on any atom is -0.346 e. The van der Waals surface area contributed by atoms with Gasteiger partial charge in [0.2, 0.25) is 0 Å². The van der Waals surface area contributed by atoms with Gasteiger partial charge in [0.15, 0.2) is 0 Å². The molecule has 2 atom stereocenters. The molecule has 0 aliphatic rings. The van der Waals surface area contributed by atoms with Crippen LogP contribution in [0.4, 0.5) is 0 Å². The Labute approximate surface area is 91.0 Å². The molecule has 2 N–H and O–H groups in total. The highest BCUT2D eigenvalue weighted by molar-refractivity contribution is 4.59. The average Bonchev–Trinajstić information content (AvgIpc) is 1.73. The minimum atomic E-state index is -1.51. The molecule has 2 unspecified atom stereocenters. The Hall–Kier alpha value is -0.200. The molecular weight excluding hydrogens is 200 g/mol. The van der Waals surface area contributed by atoms with Crippen LogP contribution in [0.5, 0.6) is 0 Å². The van der Waals surface area contributed by atoms with Crippen molar-refractivity contribution in [1.29, 1.82) is 0 Å². The molecule has 0 spiro atoms. The Kier molecular flexibility index (Phi) is 5.16. The molecule has 0 aliphatic carbocycles. The highest BCUT2D eigenvalue weighted by Crippen LogP contribution is 2.14. The van der Waals surface area contributed by atoms with Gasteiger partial charge in [-0.15, -0.1) is 0 Å². The van der Waals surface area contributed by atoms with Gasteiger partial charge in [0.05, 0.1) is 11.2 Å². The van der Waals surface area contributed by atoms with E-state index in [4.69, 9.17) is 9.47 Å². The zero-order chi connectivity index (χ0) is 12.3. The lowest BCUT2D eigenvalue weighted by Gasteiger charge is -2.28. The minimum absolute atomic E-state index is 0.555. The van der Waals surface area contributed by atoms with E-state index < -0.39 is 24.2 Å². The molecule has 0 bridgehead atoms. The first-order valence-electron chi connectivity index (χ1n) is 4.87. The van der Waals surface area contributed by atoms with Gasteiger partial charge in [0.25, 0.3) is 13.0 Å². The van der Waals surface area contributed by atoms with Crippen LogP contribution in [0.15, 0.2) is 0 Å². The molecule has 0 amide bonds. The molecule has 0 rings (SSSR count).